The fourth-order valence-corrected chi connectivity index (χ4v) is 5.99. The number of amides is 2. The zero-order chi connectivity index (χ0) is 20.5. The van der Waals surface area contributed by atoms with Crippen LogP contribution in [0.2, 0.25) is 0 Å². The minimum absolute atomic E-state index is 0.0403. The molecule has 1 spiro atoms. The minimum Gasteiger partial charge on any atom is -0.494 e. The van der Waals surface area contributed by atoms with Crippen molar-refractivity contribution in [1.82, 2.24) is 9.80 Å². The SMILES string of the molecule is COCCN1C(=O)CS(=O)(=O)C12CCN(C(=O)c1ccc(OC)c(F)c1)CC2. The second-order valence-corrected chi connectivity index (χ2v) is 9.16. The fraction of sp³-hybridized carbons (Fsp3) is 0.556. The molecule has 0 radical (unpaired) electrons. The summed E-state index contributed by atoms with van der Waals surface area (Å²) in [6, 6.07) is 3.95. The van der Waals surface area contributed by atoms with Crippen LogP contribution in [0.15, 0.2) is 18.2 Å². The molecule has 1 aromatic carbocycles. The number of likely N-dealkylation sites (tertiary alicyclic amines) is 1. The lowest BCUT2D eigenvalue weighted by atomic mass is 10.0. The third-order valence-corrected chi connectivity index (χ3v) is 7.85. The van der Waals surface area contributed by atoms with E-state index < -0.39 is 32.2 Å². The average Bonchev–Trinajstić information content (AvgIpc) is 2.85. The topological polar surface area (TPSA) is 93.2 Å². The molecule has 2 amide bonds. The first-order chi connectivity index (χ1) is 13.3. The van der Waals surface area contributed by atoms with E-state index in [9.17, 15) is 22.4 Å². The van der Waals surface area contributed by atoms with Crippen molar-refractivity contribution in [1.29, 1.82) is 0 Å². The van der Waals surface area contributed by atoms with Gasteiger partial charge in [-0.2, -0.15) is 0 Å². The van der Waals surface area contributed by atoms with Crippen LogP contribution in [0.1, 0.15) is 23.2 Å². The van der Waals surface area contributed by atoms with E-state index in [2.05, 4.69) is 0 Å². The molecule has 8 nitrogen and oxygen atoms in total. The molecule has 154 valence electrons. The van der Waals surface area contributed by atoms with Crippen LogP contribution in [0.4, 0.5) is 4.39 Å². The minimum atomic E-state index is -3.66. The van der Waals surface area contributed by atoms with Gasteiger partial charge in [-0.1, -0.05) is 0 Å². The predicted octanol–water partition coefficient (Wildman–Crippen LogP) is 0.670. The molecule has 28 heavy (non-hydrogen) atoms. The Morgan fingerprint density at radius 1 is 1.25 bits per heavy atom. The molecular formula is C18H23FN2O6S. The van der Waals surface area contributed by atoms with Gasteiger partial charge in [-0.05, 0) is 18.2 Å². The van der Waals surface area contributed by atoms with Crippen LogP contribution in [-0.2, 0) is 19.4 Å². The summed E-state index contributed by atoms with van der Waals surface area (Å²) in [6.07, 6.45) is 0.240. The van der Waals surface area contributed by atoms with Crippen molar-refractivity contribution in [2.75, 3.05) is 46.2 Å². The van der Waals surface area contributed by atoms with Crippen molar-refractivity contribution < 1.29 is 31.9 Å². The number of rotatable bonds is 5. The molecule has 2 saturated heterocycles. The van der Waals surface area contributed by atoms with Gasteiger partial charge in [0.2, 0.25) is 5.91 Å². The lowest BCUT2D eigenvalue weighted by Gasteiger charge is -2.43. The molecule has 10 heteroatoms. The van der Waals surface area contributed by atoms with Crippen molar-refractivity contribution in [2.24, 2.45) is 0 Å². The summed E-state index contributed by atoms with van der Waals surface area (Å²) < 4.78 is 49.2. The largest absolute Gasteiger partial charge is 0.494 e. The lowest BCUT2D eigenvalue weighted by Crippen LogP contribution is -2.57. The maximum absolute atomic E-state index is 13.9. The molecule has 3 rings (SSSR count). The number of nitrogens with zero attached hydrogens (tertiary/aromatic N) is 2. The third-order valence-electron chi connectivity index (χ3n) is 5.44. The summed E-state index contributed by atoms with van der Waals surface area (Å²) >= 11 is 0. The smallest absolute Gasteiger partial charge is 0.253 e. The van der Waals surface area contributed by atoms with E-state index in [1.807, 2.05) is 0 Å². The van der Waals surface area contributed by atoms with Gasteiger partial charge in [-0.3, -0.25) is 9.59 Å². The molecule has 0 N–H and O–H groups in total. The van der Waals surface area contributed by atoms with Crippen molar-refractivity contribution in [2.45, 2.75) is 17.7 Å². The normalized spacial score (nSPS) is 20.6. The first-order valence-corrected chi connectivity index (χ1v) is 10.6. The Hall–Kier alpha value is -2.20. The lowest BCUT2D eigenvalue weighted by molar-refractivity contribution is -0.131. The van der Waals surface area contributed by atoms with Crippen LogP contribution in [0.3, 0.4) is 0 Å². The van der Waals surface area contributed by atoms with Crippen LogP contribution in [-0.4, -0.2) is 81.1 Å². The second-order valence-electron chi connectivity index (χ2n) is 6.88. The molecule has 2 aliphatic heterocycles. The molecule has 0 aliphatic carbocycles. The molecule has 2 aliphatic rings. The maximum Gasteiger partial charge on any atom is 0.253 e. The highest BCUT2D eigenvalue weighted by Crippen LogP contribution is 2.40. The van der Waals surface area contributed by atoms with Crippen LogP contribution >= 0.6 is 0 Å². The second kappa shape index (κ2) is 7.67. The monoisotopic (exact) mass is 414 g/mol. The number of sulfone groups is 1. The Morgan fingerprint density at radius 3 is 2.50 bits per heavy atom. The summed E-state index contributed by atoms with van der Waals surface area (Å²) in [5.74, 6) is -1.94. The molecule has 0 aromatic heterocycles. The van der Waals surface area contributed by atoms with Crippen molar-refractivity contribution in [3.63, 3.8) is 0 Å². The summed E-state index contributed by atoms with van der Waals surface area (Å²) in [6.45, 7) is 0.730. The van der Waals surface area contributed by atoms with Crippen molar-refractivity contribution in [3.05, 3.63) is 29.6 Å². The van der Waals surface area contributed by atoms with Crippen LogP contribution in [0.5, 0.6) is 5.75 Å². The number of halogens is 1. The van der Waals surface area contributed by atoms with Gasteiger partial charge in [0.1, 0.15) is 10.6 Å². The Balaban J connectivity index is 1.77. The molecule has 2 heterocycles. The van der Waals surface area contributed by atoms with Gasteiger partial charge >= 0.3 is 0 Å². The number of benzene rings is 1. The van der Waals surface area contributed by atoms with Gasteiger partial charge in [-0.15, -0.1) is 0 Å². The Labute approximate surface area is 163 Å². The highest BCUT2D eigenvalue weighted by molar-refractivity contribution is 7.93. The summed E-state index contributed by atoms with van der Waals surface area (Å²) in [7, 11) is -0.843. The number of ether oxygens (including phenoxy) is 2. The number of methoxy groups -OCH3 is 2. The van der Waals surface area contributed by atoms with Crippen molar-refractivity contribution >= 4 is 21.7 Å². The number of carbonyl (C=O) groups is 2. The zero-order valence-electron chi connectivity index (χ0n) is 15.8. The van der Waals surface area contributed by atoms with Gasteiger partial charge in [-0.25, -0.2) is 12.8 Å². The van der Waals surface area contributed by atoms with Gasteiger partial charge in [0.15, 0.2) is 21.4 Å². The van der Waals surface area contributed by atoms with E-state index in [4.69, 9.17) is 9.47 Å². The van der Waals surface area contributed by atoms with Gasteiger partial charge in [0, 0.05) is 45.1 Å². The van der Waals surface area contributed by atoms with E-state index in [0.29, 0.717) is 0 Å². The average molecular weight is 414 g/mol. The maximum atomic E-state index is 13.9. The van der Waals surface area contributed by atoms with Crippen LogP contribution in [0, 0.1) is 5.82 Å². The van der Waals surface area contributed by atoms with E-state index in [0.717, 1.165) is 6.07 Å². The Bertz CT molecular complexity index is 880. The van der Waals surface area contributed by atoms with E-state index >= 15 is 0 Å². The van der Waals surface area contributed by atoms with Gasteiger partial charge < -0.3 is 19.3 Å². The summed E-state index contributed by atoms with van der Waals surface area (Å²) in [5.41, 5.74) is 0.163. The first-order valence-electron chi connectivity index (χ1n) is 8.90. The number of hydrogen-bond acceptors (Lipinski definition) is 6. The summed E-state index contributed by atoms with van der Waals surface area (Å²) in [4.78, 5) is 26.5. The van der Waals surface area contributed by atoms with Crippen LogP contribution in [0.25, 0.3) is 0 Å². The number of hydrogen-bond donors (Lipinski definition) is 0. The summed E-state index contributed by atoms with van der Waals surface area (Å²) in [5, 5.41) is 0. The molecule has 2 fully saturated rings. The van der Waals surface area contributed by atoms with E-state index in [1.165, 1.54) is 36.2 Å². The molecule has 0 saturated carbocycles. The highest BCUT2D eigenvalue weighted by Gasteiger charge is 2.58. The first kappa shape index (κ1) is 20.5. The highest BCUT2D eigenvalue weighted by atomic mass is 32.2. The molecule has 0 bridgehead atoms. The van der Waals surface area contributed by atoms with E-state index in [-0.39, 0.29) is 56.3 Å². The fourth-order valence-electron chi connectivity index (χ4n) is 3.90. The van der Waals surface area contributed by atoms with Gasteiger partial charge in [0.05, 0.1) is 13.7 Å². The van der Waals surface area contributed by atoms with Gasteiger partial charge in [0.25, 0.3) is 5.91 Å². The quantitative estimate of drug-likeness (QED) is 0.703. The number of piperidine rings is 1. The Morgan fingerprint density at radius 2 is 1.93 bits per heavy atom. The van der Waals surface area contributed by atoms with E-state index in [1.54, 1.807) is 0 Å². The number of carbonyl (C=O) groups excluding carboxylic acids is 2. The standard InChI is InChI=1S/C18H23FN2O6S/c1-26-10-9-21-16(22)12-28(24,25)18(21)5-7-20(8-6-18)17(23)13-3-4-15(27-2)14(19)11-13/h3-4,11H,5-10,12H2,1-2H3. The molecular weight excluding hydrogens is 391 g/mol. The Kier molecular flexibility index (Phi) is 5.62. The third kappa shape index (κ3) is 3.35. The molecule has 1 aromatic rings. The van der Waals surface area contributed by atoms with Crippen LogP contribution < -0.4 is 4.74 Å². The molecule has 0 unspecified atom stereocenters. The zero-order valence-corrected chi connectivity index (χ0v) is 16.6. The predicted molar refractivity (Wildman–Crippen MR) is 98.2 cm³/mol. The molecule has 0 atom stereocenters. The van der Waals surface area contributed by atoms with Crippen molar-refractivity contribution in [3.8, 4) is 5.75 Å².